The Labute approximate surface area is 71.6 Å². The summed E-state index contributed by atoms with van der Waals surface area (Å²) in [6.45, 7) is 0. The highest BCUT2D eigenvalue weighted by atomic mass is 15.0. The van der Waals surface area contributed by atoms with Crippen LogP contribution in [0, 0.1) is 0 Å². The zero-order chi connectivity index (χ0) is 8.23. The molecule has 60 valence electrons. The van der Waals surface area contributed by atoms with E-state index in [1.807, 2.05) is 16.8 Å². The van der Waals surface area contributed by atoms with E-state index in [1.54, 1.807) is 12.5 Å². The molecule has 0 aliphatic heterocycles. The van der Waals surface area contributed by atoms with E-state index in [-0.39, 0.29) is 0 Å². The van der Waals surface area contributed by atoms with Crippen LogP contribution in [0.4, 0.5) is 0 Å². The minimum atomic E-state index is 1.01. The quantitative estimate of drug-likeness (QED) is 0.613. The number of aromatic nitrogens is 2. The van der Waals surface area contributed by atoms with Gasteiger partial charge in [-0.15, -0.1) is 0 Å². The summed E-state index contributed by atoms with van der Waals surface area (Å²) in [5.74, 6) is 0. The maximum atomic E-state index is 3.96. The average Bonchev–Trinajstić information content (AvgIpc) is 2.59. The fourth-order valence-electron chi connectivity index (χ4n) is 1.16. The van der Waals surface area contributed by atoms with Gasteiger partial charge in [0.25, 0.3) is 0 Å². The number of nitrogens with zero attached hydrogens (tertiary/aromatic N) is 2. The van der Waals surface area contributed by atoms with E-state index >= 15 is 0 Å². The molecular formula is C10H10N2. The lowest BCUT2D eigenvalue weighted by atomic mass is 10.1. The molecule has 0 bridgehead atoms. The van der Waals surface area contributed by atoms with Crippen molar-refractivity contribution in [3.63, 3.8) is 0 Å². The van der Waals surface area contributed by atoms with Crippen molar-refractivity contribution in [1.29, 1.82) is 0 Å². The zero-order valence-corrected chi connectivity index (χ0v) is 6.72. The van der Waals surface area contributed by atoms with Crippen LogP contribution in [-0.2, 0) is 0 Å². The predicted molar refractivity (Wildman–Crippen MR) is 49.4 cm³/mol. The van der Waals surface area contributed by atoms with Gasteiger partial charge in [0.1, 0.15) is 0 Å². The van der Waals surface area contributed by atoms with Crippen molar-refractivity contribution in [2.24, 2.45) is 0 Å². The van der Waals surface area contributed by atoms with Gasteiger partial charge in [-0.05, 0) is 12.0 Å². The first-order valence-electron chi connectivity index (χ1n) is 3.96. The standard InChI is InChI=1S/C10H10N2/c1-2-4-10(5-3-1)8-12-7-6-11-9-12/h1-4,6-9H,5H2. The van der Waals surface area contributed by atoms with Crippen LogP contribution in [0.3, 0.4) is 0 Å². The molecule has 0 N–H and O–H groups in total. The molecule has 1 aromatic heterocycles. The molecule has 0 spiro atoms. The molecule has 0 fully saturated rings. The summed E-state index contributed by atoms with van der Waals surface area (Å²) in [4.78, 5) is 3.96. The highest BCUT2D eigenvalue weighted by Crippen LogP contribution is 2.10. The van der Waals surface area contributed by atoms with Gasteiger partial charge >= 0.3 is 0 Å². The summed E-state index contributed by atoms with van der Waals surface area (Å²) < 4.78 is 1.96. The van der Waals surface area contributed by atoms with Crippen molar-refractivity contribution in [2.45, 2.75) is 6.42 Å². The minimum absolute atomic E-state index is 1.01. The van der Waals surface area contributed by atoms with E-state index in [4.69, 9.17) is 0 Å². The third kappa shape index (κ3) is 1.53. The molecule has 0 amide bonds. The van der Waals surface area contributed by atoms with E-state index in [2.05, 4.69) is 29.4 Å². The van der Waals surface area contributed by atoms with Crippen LogP contribution in [0.5, 0.6) is 0 Å². The Bertz CT molecular complexity index is 329. The lowest BCUT2D eigenvalue weighted by molar-refractivity contribution is 1.11. The van der Waals surface area contributed by atoms with E-state index < -0.39 is 0 Å². The molecule has 1 aromatic rings. The average molecular weight is 158 g/mol. The van der Waals surface area contributed by atoms with E-state index in [1.165, 1.54) is 5.57 Å². The predicted octanol–water partition coefficient (Wildman–Crippen LogP) is 2.24. The van der Waals surface area contributed by atoms with Crippen molar-refractivity contribution in [3.05, 3.63) is 48.6 Å². The Morgan fingerprint density at radius 2 is 2.42 bits per heavy atom. The second-order valence-electron chi connectivity index (χ2n) is 2.71. The monoisotopic (exact) mass is 158 g/mol. The number of hydrogen-bond acceptors (Lipinski definition) is 1. The van der Waals surface area contributed by atoms with Gasteiger partial charge in [0.05, 0.1) is 6.33 Å². The van der Waals surface area contributed by atoms with Crippen LogP contribution in [0.2, 0.25) is 0 Å². The van der Waals surface area contributed by atoms with Gasteiger partial charge in [0, 0.05) is 18.6 Å². The normalized spacial score (nSPS) is 18.8. The maximum Gasteiger partial charge on any atom is 0.0986 e. The summed E-state index contributed by atoms with van der Waals surface area (Å²) >= 11 is 0. The molecule has 2 rings (SSSR count). The van der Waals surface area contributed by atoms with Gasteiger partial charge in [-0.25, -0.2) is 4.98 Å². The summed E-state index contributed by atoms with van der Waals surface area (Å²) in [7, 11) is 0. The van der Waals surface area contributed by atoms with E-state index in [0.29, 0.717) is 0 Å². The lowest BCUT2D eigenvalue weighted by Crippen LogP contribution is -1.85. The molecule has 0 saturated heterocycles. The van der Waals surface area contributed by atoms with Crippen LogP contribution in [0.25, 0.3) is 6.20 Å². The summed E-state index contributed by atoms with van der Waals surface area (Å²) in [6, 6.07) is 0. The van der Waals surface area contributed by atoms with Crippen LogP contribution >= 0.6 is 0 Å². The van der Waals surface area contributed by atoms with E-state index in [0.717, 1.165) is 6.42 Å². The smallest absolute Gasteiger partial charge is 0.0986 e. The maximum absolute atomic E-state index is 3.96. The van der Waals surface area contributed by atoms with Crippen LogP contribution < -0.4 is 0 Å². The summed E-state index contributed by atoms with van der Waals surface area (Å²) in [5, 5.41) is 0. The Hall–Kier alpha value is -1.57. The number of rotatable bonds is 1. The lowest BCUT2D eigenvalue weighted by Gasteiger charge is -2.01. The van der Waals surface area contributed by atoms with Crippen LogP contribution in [0.15, 0.2) is 48.6 Å². The highest BCUT2D eigenvalue weighted by Gasteiger charge is 1.92. The van der Waals surface area contributed by atoms with Crippen molar-refractivity contribution in [3.8, 4) is 0 Å². The fraction of sp³-hybridized carbons (Fsp3) is 0.100. The fourth-order valence-corrected chi connectivity index (χ4v) is 1.16. The molecule has 0 aromatic carbocycles. The molecule has 0 atom stereocenters. The largest absolute Gasteiger partial charge is 0.313 e. The van der Waals surface area contributed by atoms with Gasteiger partial charge < -0.3 is 4.57 Å². The van der Waals surface area contributed by atoms with Crippen LogP contribution in [0.1, 0.15) is 6.42 Å². The molecule has 1 aliphatic carbocycles. The third-order valence-electron chi connectivity index (χ3n) is 1.75. The molecule has 0 radical (unpaired) electrons. The molecule has 12 heavy (non-hydrogen) atoms. The van der Waals surface area contributed by atoms with Gasteiger partial charge in [-0.3, -0.25) is 0 Å². The second kappa shape index (κ2) is 3.22. The summed E-state index contributed by atoms with van der Waals surface area (Å²) in [5.41, 5.74) is 1.30. The number of hydrogen-bond donors (Lipinski definition) is 0. The molecular weight excluding hydrogens is 148 g/mol. The SMILES string of the molecule is C1=CCC(=Cn2ccnc2)C=C1. The molecule has 2 heteroatoms. The first-order valence-corrected chi connectivity index (χ1v) is 3.96. The molecule has 2 nitrogen and oxygen atoms in total. The topological polar surface area (TPSA) is 17.8 Å². The number of imidazole rings is 1. The minimum Gasteiger partial charge on any atom is -0.313 e. The molecule has 0 saturated carbocycles. The second-order valence-corrected chi connectivity index (χ2v) is 2.71. The Morgan fingerprint density at radius 1 is 1.42 bits per heavy atom. The van der Waals surface area contributed by atoms with Crippen molar-refractivity contribution >= 4 is 6.20 Å². The van der Waals surface area contributed by atoms with Gasteiger partial charge in [0.15, 0.2) is 0 Å². The Morgan fingerprint density at radius 3 is 3.08 bits per heavy atom. The molecule has 1 heterocycles. The van der Waals surface area contributed by atoms with E-state index in [9.17, 15) is 0 Å². The van der Waals surface area contributed by atoms with Crippen molar-refractivity contribution in [2.75, 3.05) is 0 Å². The molecule has 0 unspecified atom stereocenters. The highest BCUT2D eigenvalue weighted by molar-refractivity contribution is 5.42. The number of allylic oxidation sites excluding steroid dienone is 5. The first kappa shape index (κ1) is 7.10. The van der Waals surface area contributed by atoms with Crippen molar-refractivity contribution in [1.82, 2.24) is 9.55 Å². The van der Waals surface area contributed by atoms with Crippen molar-refractivity contribution < 1.29 is 0 Å². The van der Waals surface area contributed by atoms with Gasteiger partial charge in [-0.2, -0.15) is 0 Å². The third-order valence-corrected chi connectivity index (χ3v) is 1.75. The Kier molecular flexibility index (Phi) is 1.90. The molecule has 1 aliphatic rings. The summed E-state index contributed by atoms with van der Waals surface area (Å²) in [6.07, 6.45) is 16.9. The van der Waals surface area contributed by atoms with Crippen LogP contribution in [-0.4, -0.2) is 9.55 Å². The zero-order valence-electron chi connectivity index (χ0n) is 6.72. The first-order chi connectivity index (χ1) is 5.95. The van der Waals surface area contributed by atoms with Gasteiger partial charge in [-0.1, -0.05) is 24.3 Å². The van der Waals surface area contributed by atoms with Gasteiger partial charge in [0.2, 0.25) is 0 Å². The Balaban J connectivity index is 2.19.